The number of rotatable bonds is 11. The SMILES string of the molecule is CCNC(=NCCCNC(=O)OC(C)(C)C)NCCCOCc1ccco1. The number of hydrogen-bond donors (Lipinski definition) is 3. The van der Waals surface area contributed by atoms with Gasteiger partial charge in [-0.1, -0.05) is 0 Å². The second kappa shape index (κ2) is 13.0. The van der Waals surface area contributed by atoms with Crippen LogP contribution in [0, 0.1) is 0 Å². The van der Waals surface area contributed by atoms with E-state index >= 15 is 0 Å². The van der Waals surface area contributed by atoms with Gasteiger partial charge in [0.25, 0.3) is 0 Å². The van der Waals surface area contributed by atoms with Gasteiger partial charge in [-0.2, -0.15) is 0 Å². The Hall–Kier alpha value is -2.22. The van der Waals surface area contributed by atoms with E-state index in [1.165, 1.54) is 0 Å². The van der Waals surface area contributed by atoms with Crippen LogP contribution in [-0.4, -0.2) is 50.4 Å². The van der Waals surface area contributed by atoms with E-state index in [9.17, 15) is 4.79 Å². The Morgan fingerprint density at radius 3 is 2.63 bits per heavy atom. The van der Waals surface area contributed by atoms with E-state index in [0.29, 0.717) is 26.3 Å². The first-order valence-electron chi connectivity index (χ1n) is 9.50. The molecule has 0 aliphatic carbocycles. The number of carbonyl (C=O) groups is 1. The van der Waals surface area contributed by atoms with Gasteiger partial charge in [-0.3, -0.25) is 4.99 Å². The average Bonchev–Trinajstić information content (AvgIpc) is 3.09. The summed E-state index contributed by atoms with van der Waals surface area (Å²) in [5.74, 6) is 1.60. The number of ether oxygens (including phenoxy) is 2. The highest BCUT2D eigenvalue weighted by Crippen LogP contribution is 2.06. The molecule has 1 aromatic rings. The first-order chi connectivity index (χ1) is 12.9. The Labute approximate surface area is 162 Å². The van der Waals surface area contributed by atoms with Crippen molar-refractivity contribution in [3.05, 3.63) is 24.2 Å². The van der Waals surface area contributed by atoms with Gasteiger partial charge in [-0.15, -0.1) is 0 Å². The van der Waals surface area contributed by atoms with Gasteiger partial charge in [-0.25, -0.2) is 4.79 Å². The van der Waals surface area contributed by atoms with E-state index in [1.54, 1.807) is 6.26 Å². The number of hydrogen-bond acceptors (Lipinski definition) is 5. The molecule has 0 unspecified atom stereocenters. The van der Waals surface area contributed by atoms with Crippen LogP contribution in [0.25, 0.3) is 0 Å². The van der Waals surface area contributed by atoms with Crippen LogP contribution in [0.3, 0.4) is 0 Å². The second-order valence-corrected chi connectivity index (χ2v) is 6.96. The van der Waals surface area contributed by atoms with Crippen molar-refractivity contribution in [1.82, 2.24) is 16.0 Å². The van der Waals surface area contributed by atoms with Crippen molar-refractivity contribution >= 4 is 12.1 Å². The van der Waals surface area contributed by atoms with Crippen molar-refractivity contribution in [2.24, 2.45) is 4.99 Å². The molecular formula is C19H34N4O4. The largest absolute Gasteiger partial charge is 0.467 e. The Morgan fingerprint density at radius 1 is 1.19 bits per heavy atom. The molecule has 3 N–H and O–H groups in total. The lowest BCUT2D eigenvalue weighted by atomic mass is 10.2. The zero-order valence-electron chi connectivity index (χ0n) is 17.0. The summed E-state index contributed by atoms with van der Waals surface area (Å²) in [6.07, 6.45) is 2.85. The van der Waals surface area contributed by atoms with Crippen LogP contribution >= 0.6 is 0 Å². The third-order valence-electron chi connectivity index (χ3n) is 3.20. The number of guanidine groups is 1. The van der Waals surface area contributed by atoms with E-state index < -0.39 is 11.7 Å². The highest BCUT2D eigenvalue weighted by Gasteiger charge is 2.15. The summed E-state index contributed by atoms with van der Waals surface area (Å²) in [4.78, 5) is 16.0. The smallest absolute Gasteiger partial charge is 0.407 e. The summed E-state index contributed by atoms with van der Waals surface area (Å²) < 4.78 is 15.9. The van der Waals surface area contributed by atoms with Gasteiger partial charge < -0.3 is 29.8 Å². The Kier molecular flexibility index (Phi) is 11.0. The van der Waals surface area contributed by atoms with Gasteiger partial charge >= 0.3 is 6.09 Å². The molecule has 8 heteroatoms. The van der Waals surface area contributed by atoms with Crippen molar-refractivity contribution in [3.8, 4) is 0 Å². The van der Waals surface area contributed by atoms with E-state index in [0.717, 1.165) is 37.7 Å². The first kappa shape index (κ1) is 22.8. The molecule has 0 aliphatic heterocycles. The molecule has 0 spiro atoms. The van der Waals surface area contributed by atoms with Gasteiger partial charge in [0.2, 0.25) is 0 Å². The third-order valence-corrected chi connectivity index (χ3v) is 3.20. The van der Waals surface area contributed by atoms with E-state index in [1.807, 2.05) is 39.8 Å². The molecule has 1 rings (SSSR count). The van der Waals surface area contributed by atoms with Crippen molar-refractivity contribution in [1.29, 1.82) is 0 Å². The van der Waals surface area contributed by atoms with Gasteiger partial charge in [0.05, 0.1) is 6.26 Å². The number of furan rings is 1. The summed E-state index contributed by atoms with van der Waals surface area (Å²) in [5.41, 5.74) is -0.480. The Balaban J connectivity index is 2.11. The van der Waals surface area contributed by atoms with Crippen molar-refractivity contribution in [3.63, 3.8) is 0 Å². The van der Waals surface area contributed by atoms with Crippen LogP contribution in [-0.2, 0) is 16.1 Å². The van der Waals surface area contributed by atoms with Crippen LogP contribution in [0.4, 0.5) is 4.79 Å². The summed E-state index contributed by atoms with van der Waals surface area (Å²) in [6.45, 7) is 11.4. The molecule has 8 nitrogen and oxygen atoms in total. The maximum atomic E-state index is 11.5. The number of carbonyl (C=O) groups excluding carboxylic acids is 1. The fraction of sp³-hybridized carbons (Fsp3) is 0.684. The summed E-state index contributed by atoms with van der Waals surface area (Å²) in [7, 11) is 0. The molecule has 0 atom stereocenters. The zero-order chi connectivity index (χ0) is 20.0. The van der Waals surface area contributed by atoms with Crippen LogP contribution in [0.5, 0.6) is 0 Å². The van der Waals surface area contributed by atoms with Crippen LogP contribution in [0.2, 0.25) is 0 Å². The Morgan fingerprint density at radius 2 is 1.96 bits per heavy atom. The number of amides is 1. The molecule has 1 aromatic heterocycles. The quantitative estimate of drug-likeness (QED) is 0.309. The predicted molar refractivity (Wildman–Crippen MR) is 106 cm³/mol. The maximum absolute atomic E-state index is 11.5. The van der Waals surface area contributed by atoms with E-state index in [2.05, 4.69) is 20.9 Å². The molecule has 0 radical (unpaired) electrons. The fourth-order valence-electron chi connectivity index (χ4n) is 2.06. The summed E-state index contributed by atoms with van der Waals surface area (Å²) in [5, 5.41) is 9.19. The minimum absolute atomic E-state index is 0.397. The second-order valence-electron chi connectivity index (χ2n) is 6.96. The van der Waals surface area contributed by atoms with Gasteiger partial charge in [0, 0.05) is 32.8 Å². The number of aliphatic imine (C=N–C) groups is 1. The number of nitrogens with zero attached hydrogens (tertiary/aromatic N) is 1. The van der Waals surface area contributed by atoms with Crippen molar-refractivity contribution < 1.29 is 18.7 Å². The van der Waals surface area contributed by atoms with E-state index in [4.69, 9.17) is 13.9 Å². The molecular weight excluding hydrogens is 348 g/mol. The average molecular weight is 383 g/mol. The molecule has 27 heavy (non-hydrogen) atoms. The minimum atomic E-state index is -0.480. The normalized spacial score (nSPS) is 11.9. The van der Waals surface area contributed by atoms with Crippen LogP contribution < -0.4 is 16.0 Å². The van der Waals surface area contributed by atoms with E-state index in [-0.39, 0.29) is 0 Å². The third kappa shape index (κ3) is 12.7. The summed E-state index contributed by atoms with van der Waals surface area (Å²) >= 11 is 0. The number of alkyl carbamates (subject to hydrolysis) is 1. The predicted octanol–water partition coefficient (Wildman–Crippen LogP) is 2.66. The van der Waals surface area contributed by atoms with Crippen molar-refractivity contribution in [2.75, 3.05) is 32.8 Å². The molecule has 0 aliphatic rings. The maximum Gasteiger partial charge on any atom is 0.407 e. The van der Waals surface area contributed by atoms with Gasteiger partial charge in [-0.05, 0) is 52.7 Å². The highest BCUT2D eigenvalue weighted by atomic mass is 16.6. The molecule has 0 saturated heterocycles. The van der Waals surface area contributed by atoms with Crippen molar-refractivity contribution in [2.45, 2.75) is 52.7 Å². The molecule has 0 bridgehead atoms. The molecule has 1 amide bonds. The van der Waals surface area contributed by atoms with Crippen LogP contribution in [0.1, 0.15) is 46.3 Å². The van der Waals surface area contributed by atoms with Gasteiger partial charge in [0.1, 0.15) is 18.0 Å². The lowest BCUT2D eigenvalue weighted by Crippen LogP contribution is -2.38. The number of nitrogens with one attached hydrogen (secondary N) is 3. The molecule has 154 valence electrons. The van der Waals surface area contributed by atoms with Crippen LogP contribution in [0.15, 0.2) is 27.8 Å². The monoisotopic (exact) mass is 382 g/mol. The first-order valence-corrected chi connectivity index (χ1v) is 9.50. The lowest BCUT2D eigenvalue weighted by molar-refractivity contribution is 0.0527. The van der Waals surface area contributed by atoms with Gasteiger partial charge in [0.15, 0.2) is 5.96 Å². The molecule has 0 aromatic carbocycles. The Bertz CT molecular complexity index is 538. The zero-order valence-corrected chi connectivity index (χ0v) is 17.0. The molecule has 0 saturated carbocycles. The molecule has 1 heterocycles. The lowest BCUT2D eigenvalue weighted by Gasteiger charge is -2.19. The fourth-order valence-corrected chi connectivity index (χ4v) is 2.06. The highest BCUT2D eigenvalue weighted by molar-refractivity contribution is 5.79. The minimum Gasteiger partial charge on any atom is -0.467 e. The standard InChI is InChI=1S/C19H34N4O4/c1-5-20-17(21-10-7-11-23-18(24)27-19(2,3)4)22-12-8-13-25-15-16-9-6-14-26-16/h6,9,14H,5,7-8,10-13,15H2,1-4H3,(H,23,24)(H2,20,21,22). The topological polar surface area (TPSA) is 97.1 Å². The molecule has 0 fully saturated rings. The summed E-state index contributed by atoms with van der Waals surface area (Å²) in [6, 6.07) is 3.74.